The van der Waals surface area contributed by atoms with E-state index >= 15 is 0 Å². The predicted octanol–water partition coefficient (Wildman–Crippen LogP) is 4.98. The van der Waals surface area contributed by atoms with E-state index in [0.717, 1.165) is 4.47 Å². The van der Waals surface area contributed by atoms with Gasteiger partial charge in [-0.3, -0.25) is 10.1 Å². The Morgan fingerprint density at radius 3 is 2.68 bits per heavy atom. The molecule has 0 aliphatic rings. The SMILES string of the molecule is CCOC(=O)/C(=C/c1ccc([N+](=O)[O-])cc1I)Nc1ccccc1Br. The van der Waals surface area contributed by atoms with E-state index in [2.05, 4.69) is 21.2 Å². The van der Waals surface area contributed by atoms with Crippen molar-refractivity contribution in [1.29, 1.82) is 0 Å². The van der Waals surface area contributed by atoms with Crippen molar-refractivity contribution in [2.75, 3.05) is 11.9 Å². The molecular formula is C17H14BrIN2O4. The normalized spacial score (nSPS) is 11.1. The van der Waals surface area contributed by atoms with Gasteiger partial charge in [0.1, 0.15) is 5.70 Å². The molecule has 2 rings (SSSR count). The number of nitrogens with zero attached hydrogens (tertiary/aromatic N) is 1. The lowest BCUT2D eigenvalue weighted by atomic mass is 10.1. The van der Waals surface area contributed by atoms with E-state index in [1.165, 1.54) is 12.1 Å². The van der Waals surface area contributed by atoms with Gasteiger partial charge in [0.25, 0.3) is 5.69 Å². The third-order valence-corrected chi connectivity index (χ3v) is 4.76. The minimum atomic E-state index is -0.507. The number of non-ortho nitro benzene ring substituents is 1. The molecule has 25 heavy (non-hydrogen) atoms. The first-order chi connectivity index (χ1) is 11.9. The molecular weight excluding hydrogens is 503 g/mol. The van der Waals surface area contributed by atoms with Gasteiger partial charge in [-0.25, -0.2) is 4.79 Å². The number of halogens is 2. The van der Waals surface area contributed by atoms with E-state index in [9.17, 15) is 14.9 Å². The number of esters is 1. The molecule has 0 aliphatic heterocycles. The monoisotopic (exact) mass is 516 g/mol. The number of ether oxygens (including phenoxy) is 1. The zero-order chi connectivity index (χ0) is 18.4. The molecule has 130 valence electrons. The second-order valence-electron chi connectivity index (χ2n) is 4.85. The first-order valence-electron chi connectivity index (χ1n) is 7.26. The lowest BCUT2D eigenvalue weighted by molar-refractivity contribution is -0.384. The number of nitro groups is 1. The standard InChI is InChI=1S/C17H14BrIN2O4/c1-2-25-17(22)16(20-15-6-4-3-5-13(15)18)9-11-7-8-12(21(23)24)10-14(11)19/h3-10,20H,2H2,1H3/b16-9-. The molecule has 2 aromatic rings. The number of anilines is 1. The highest BCUT2D eigenvalue weighted by Crippen LogP contribution is 2.26. The smallest absolute Gasteiger partial charge is 0.354 e. The van der Waals surface area contributed by atoms with Crippen LogP contribution in [-0.2, 0) is 9.53 Å². The zero-order valence-electron chi connectivity index (χ0n) is 13.2. The average molecular weight is 517 g/mol. The summed E-state index contributed by atoms with van der Waals surface area (Å²) in [5.74, 6) is -0.507. The van der Waals surface area contributed by atoms with Crippen molar-refractivity contribution in [3.05, 3.63) is 71.9 Å². The van der Waals surface area contributed by atoms with E-state index in [-0.39, 0.29) is 18.0 Å². The van der Waals surface area contributed by atoms with Crippen LogP contribution in [0.15, 0.2) is 52.6 Å². The van der Waals surface area contributed by atoms with Crippen molar-refractivity contribution in [2.24, 2.45) is 0 Å². The fourth-order valence-electron chi connectivity index (χ4n) is 1.96. The van der Waals surface area contributed by atoms with Gasteiger partial charge >= 0.3 is 5.97 Å². The van der Waals surface area contributed by atoms with Crippen molar-refractivity contribution in [3.8, 4) is 0 Å². The van der Waals surface area contributed by atoms with Gasteiger partial charge in [0.2, 0.25) is 0 Å². The van der Waals surface area contributed by atoms with Crippen molar-refractivity contribution in [2.45, 2.75) is 6.92 Å². The van der Waals surface area contributed by atoms with Gasteiger partial charge in [-0.1, -0.05) is 12.1 Å². The van der Waals surface area contributed by atoms with Crippen molar-refractivity contribution < 1.29 is 14.5 Å². The molecule has 8 heteroatoms. The van der Waals surface area contributed by atoms with Gasteiger partial charge in [0.05, 0.1) is 17.2 Å². The van der Waals surface area contributed by atoms with Crippen LogP contribution < -0.4 is 5.32 Å². The lowest BCUT2D eigenvalue weighted by Gasteiger charge is -2.12. The highest BCUT2D eigenvalue weighted by molar-refractivity contribution is 14.1. The summed E-state index contributed by atoms with van der Waals surface area (Å²) in [6.45, 7) is 1.97. The summed E-state index contributed by atoms with van der Waals surface area (Å²) in [6, 6.07) is 11.8. The third-order valence-electron chi connectivity index (χ3n) is 3.13. The van der Waals surface area contributed by atoms with Crippen molar-refractivity contribution >= 4 is 61.9 Å². The highest BCUT2D eigenvalue weighted by Gasteiger charge is 2.15. The molecule has 0 aromatic heterocycles. The number of carbonyl (C=O) groups excluding carboxylic acids is 1. The Hall–Kier alpha value is -1.94. The number of para-hydroxylation sites is 1. The number of benzene rings is 2. The van der Waals surface area contributed by atoms with Gasteiger partial charge in [-0.15, -0.1) is 0 Å². The van der Waals surface area contributed by atoms with Gasteiger partial charge in [-0.2, -0.15) is 0 Å². The first-order valence-corrected chi connectivity index (χ1v) is 9.14. The molecule has 0 aliphatic carbocycles. The maximum absolute atomic E-state index is 12.3. The van der Waals surface area contributed by atoms with Gasteiger partial charge in [0, 0.05) is 20.2 Å². The maximum Gasteiger partial charge on any atom is 0.354 e. The second kappa shape index (κ2) is 8.95. The molecule has 0 amide bonds. The minimum Gasteiger partial charge on any atom is -0.461 e. The average Bonchev–Trinajstić information content (AvgIpc) is 2.57. The summed E-state index contributed by atoms with van der Waals surface area (Å²) in [5.41, 5.74) is 1.62. The molecule has 0 bridgehead atoms. The summed E-state index contributed by atoms with van der Waals surface area (Å²) >= 11 is 5.42. The first kappa shape index (κ1) is 19.4. The number of nitro benzene ring substituents is 1. The largest absolute Gasteiger partial charge is 0.461 e. The number of hydrogen-bond donors (Lipinski definition) is 1. The van der Waals surface area contributed by atoms with Crippen LogP contribution in [0.5, 0.6) is 0 Å². The van der Waals surface area contributed by atoms with E-state index in [0.29, 0.717) is 14.8 Å². The topological polar surface area (TPSA) is 81.5 Å². The van der Waals surface area contributed by atoms with Crippen LogP contribution >= 0.6 is 38.5 Å². The third kappa shape index (κ3) is 5.27. The molecule has 2 aromatic carbocycles. The zero-order valence-corrected chi connectivity index (χ0v) is 16.9. The van der Waals surface area contributed by atoms with Crippen LogP contribution in [0.2, 0.25) is 0 Å². The lowest BCUT2D eigenvalue weighted by Crippen LogP contribution is -2.15. The predicted molar refractivity (Wildman–Crippen MR) is 108 cm³/mol. The van der Waals surface area contributed by atoms with Gasteiger partial charge in [-0.05, 0) is 75.3 Å². The molecule has 0 heterocycles. The number of rotatable bonds is 6. The quantitative estimate of drug-likeness (QED) is 0.192. The Bertz CT molecular complexity index is 839. The minimum absolute atomic E-state index is 0.00185. The van der Waals surface area contributed by atoms with Crippen LogP contribution in [0.3, 0.4) is 0 Å². The molecule has 0 spiro atoms. The summed E-state index contributed by atoms with van der Waals surface area (Å²) in [5, 5.41) is 13.9. The molecule has 0 unspecified atom stereocenters. The Kier molecular flexibility index (Phi) is 6.94. The number of carbonyl (C=O) groups is 1. The molecule has 0 atom stereocenters. The molecule has 0 fully saturated rings. The van der Waals surface area contributed by atoms with E-state index in [4.69, 9.17) is 4.74 Å². The number of hydrogen-bond acceptors (Lipinski definition) is 5. The molecule has 0 saturated heterocycles. The van der Waals surface area contributed by atoms with Crippen LogP contribution in [0.1, 0.15) is 12.5 Å². The number of nitrogens with one attached hydrogen (secondary N) is 1. The van der Waals surface area contributed by atoms with Crippen LogP contribution in [0, 0.1) is 13.7 Å². The summed E-state index contributed by atoms with van der Waals surface area (Å²) in [7, 11) is 0. The fourth-order valence-corrected chi connectivity index (χ4v) is 3.00. The van der Waals surface area contributed by atoms with E-state index in [1.807, 2.05) is 46.9 Å². The van der Waals surface area contributed by atoms with Crippen LogP contribution in [-0.4, -0.2) is 17.5 Å². The Balaban J connectivity index is 2.41. The molecule has 6 nitrogen and oxygen atoms in total. The molecule has 1 N–H and O–H groups in total. The van der Waals surface area contributed by atoms with Crippen LogP contribution in [0.4, 0.5) is 11.4 Å². The maximum atomic E-state index is 12.3. The fraction of sp³-hybridized carbons (Fsp3) is 0.118. The summed E-state index contributed by atoms with van der Waals surface area (Å²) < 4.78 is 6.54. The Morgan fingerprint density at radius 2 is 2.08 bits per heavy atom. The van der Waals surface area contributed by atoms with Gasteiger partial charge in [0.15, 0.2) is 0 Å². The van der Waals surface area contributed by atoms with Crippen molar-refractivity contribution in [3.63, 3.8) is 0 Å². The second-order valence-corrected chi connectivity index (χ2v) is 6.86. The van der Waals surface area contributed by atoms with Crippen molar-refractivity contribution in [1.82, 2.24) is 0 Å². The Morgan fingerprint density at radius 1 is 1.36 bits per heavy atom. The summed E-state index contributed by atoms with van der Waals surface area (Å²) in [6.07, 6.45) is 1.61. The van der Waals surface area contributed by atoms with E-state index < -0.39 is 10.9 Å². The highest BCUT2D eigenvalue weighted by atomic mass is 127. The molecule has 0 radical (unpaired) electrons. The van der Waals surface area contributed by atoms with E-state index in [1.54, 1.807) is 19.1 Å². The van der Waals surface area contributed by atoms with Crippen LogP contribution in [0.25, 0.3) is 6.08 Å². The molecule has 0 saturated carbocycles. The summed E-state index contributed by atoms with van der Waals surface area (Å²) in [4.78, 5) is 22.7. The van der Waals surface area contributed by atoms with Gasteiger partial charge < -0.3 is 10.1 Å². The Labute approximate surface area is 166 Å².